The monoisotopic (exact) mass is 208 g/mol. The molecule has 0 saturated carbocycles. The molecule has 0 radical (unpaired) electrons. The molecule has 0 amide bonds. The number of fused-ring (bicyclic) bond motifs is 1. The second-order valence-corrected chi connectivity index (χ2v) is 4.13. The Kier molecular flexibility index (Phi) is 2.46. The highest BCUT2D eigenvalue weighted by molar-refractivity contribution is 6.30. The summed E-state index contributed by atoms with van der Waals surface area (Å²) in [6.45, 7) is 0. The zero-order valence-electron chi connectivity index (χ0n) is 8.42. The zero-order valence-corrected chi connectivity index (χ0v) is 9.17. The molecule has 0 bridgehead atoms. The van der Waals surface area contributed by atoms with Crippen LogP contribution in [-0.2, 0) is 6.42 Å². The minimum atomic E-state index is 0.815. The lowest BCUT2D eigenvalue weighted by Gasteiger charge is -2.06. The average molecular weight is 209 g/mol. The number of nitrogens with zero attached hydrogens (tertiary/aromatic N) is 2. The van der Waals surface area contributed by atoms with E-state index in [9.17, 15) is 0 Å². The number of hydrazone groups is 1. The summed E-state index contributed by atoms with van der Waals surface area (Å²) in [7, 11) is 3.89. The highest BCUT2D eigenvalue weighted by Gasteiger charge is 2.17. The summed E-state index contributed by atoms with van der Waals surface area (Å²) < 4.78 is 0. The van der Waals surface area contributed by atoms with Crippen molar-refractivity contribution in [1.29, 1.82) is 0 Å². The van der Waals surface area contributed by atoms with E-state index in [-0.39, 0.29) is 0 Å². The molecule has 1 aromatic rings. The van der Waals surface area contributed by atoms with Gasteiger partial charge in [-0.15, -0.1) is 0 Å². The Balaban J connectivity index is 2.40. The first-order valence-corrected chi connectivity index (χ1v) is 5.08. The predicted molar refractivity (Wildman–Crippen MR) is 60.0 cm³/mol. The fourth-order valence-electron chi connectivity index (χ4n) is 1.78. The molecule has 2 rings (SSSR count). The molecule has 2 nitrogen and oxygen atoms in total. The Bertz CT molecular complexity index is 383. The van der Waals surface area contributed by atoms with E-state index >= 15 is 0 Å². The second kappa shape index (κ2) is 3.62. The molecule has 0 heterocycles. The normalized spacial score (nSPS) is 17.2. The van der Waals surface area contributed by atoms with Crippen molar-refractivity contribution < 1.29 is 0 Å². The van der Waals surface area contributed by atoms with E-state index in [1.807, 2.05) is 31.2 Å². The van der Waals surface area contributed by atoms with Crippen molar-refractivity contribution in [3.05, 3.63) is 34.3 Å². The third-order valence-corrected chi connectivity index (χ3v) is 2.57. The Morgan fingerprint density at radius 1 is 1.29 bits per heavy atom. The van der Waals surface area contributed by atoms with Crippen LogP contribution in [0, 0.1) is 0 Å². The van der Waals surface area contributed by atoms with Crippen molar-refractivity contribution in [3.8, 4) is 0 Å². The molecule has 0 spiro atoms. The summed E-state index contributed by atoms with van der Waals surface area (Å²) in [6.07, 6.45) is 2.08. The van der Waals surface area contributed by atoms with Gasteiger partial charge < -0.3 is 5.01 Å². The van der Waals surface area contributed by atoms with Gasteiger partial charge in [-0.3, -0.25) is 0 Å². The molecule has 0 aliphatic heterocycles. The molecule has 0 aromatic heterocycles. The highest BCUT2D eigenvalue weighted by atomic mass is 35.5. The predicted octanol–water partition coefficient (Wildman–Crippen LogP) is 2.55. The van der Waals surface area contributed by atoms with Crippen LogP contribution in [0.5, 0.6) is 0 Å². The van der Waals surface area contributed by atoms with E-state index < -0.39 is 0 Å². The Labute approximate surface area is 89.2 Å². The van der Waals surface area contributed by atoms with Gasteiger partial charge in [-0.25, -0.2) is 0 Å². The van der Waals surface area contributed by atoms with Crippen molar-refractivity contribution >= 4 is 17.3 Å². The molecule has 74 valence electrons. The topological polar surface area (TPSA) is 15.6 Å². The fraction of sp³-hybridized carbons (Fsp3) is 0.364. The summed E-state index contributed by atoms with van der Waals surface area (Å²) in [5.41, 5.74) is 3.74. The third kappa shape index (κ3) is 1.75. The standard InChI is InChI=1S/C11H13ClN2/c1-14(2)13-11-6-3-8-7-9(12)4-5-10(8)11/h4-5,7H,3,6H2,1-2H3/b13-11-. The van der Waals surface area contributed by atoms with Crippen LogP contribution in [0.15, 0.2) is 23.3 Å². The summed E-state index contributed by atoms with van der Waals surface area (Å²) in [5, 5.41) is 7.12. The molecule has 0 saturated heterocycles. The molecule has 0 atom stereocenters. The molecule has 3 heteroatoms. The van der Waals surface area contributed by atoms with Crippen LogP contribution in [-0.4, -0.2) is 24.8 Å². The number of hydrogen-bond acceptors (Lipinski definition) is 2. The van der Waals surface area contributed by atoms with Crippen molar-refractivity contribution in [2.24, 2.45) is 5.10 Å². The van der Waals surface area contributed by atoms with Gasteiger partial charge in [0.15, 0.2) is 0 Å². The van der Waals surface area contributed by atoms with Gasteiger partial charge in [-0.1, -0.05) is 17.7 Å². The van der Waals surface area contributed by atoms with E-state index in [0.717, 1.165) is 17.9 Å². The maximum absolute atomic E-state index is 5.93. The van der Waals surface area contributed by atoms with E-state index in [4.69, 9.17) is 11.6 Å². The van der Waals surface area contributed by atoms with Crippen LogP contribution in [0.3, 0.4) is 0 Å². The summed E-state index contributed by atoms with van der Waals surface area (Å²) >= 11 is 5.93. The van der Waals surface area contributed by atoms with Gasteiger partial charge in [-0.05, 0) is 30.5 Å². The Morgan fingerprint density at radius 2 is 2.07 bits per heavy atom. The number of benzene rings is 1. The molecule has 0 fully saturated rings. The second-order valence-electron chi connectivity index (χ2n) is 3.70. The SMILES string of the molecule is CN(C)/N=C1/CCc2cc(Cl)ccc21. The lowest BCUT2D eigenvalue weighted by Crippen LogP contribution is -2.07. The minimum absolute atomic E-state index is 0.815. The van der Waals surface area contributed by atoms with Crippen LogP contribution in [0.2, 0.25) is 5.02 Å². The van der Waals surface area contributed by atoms with Crippen molar-refractivity contribution in [3.63, 3.8) is 0 Å². The minimum Gasteiger partial charge on any atom is -0.303 e. The molecule has 14 heavy (non-hydrogen) atoms. The van der Waals surface area contributed by atoms with Gasteiger partial charge in [-0.2, -0.15) is 5.10 Å². The lowest BCUT2D eigenvalue weighted by atomic mass is 10.1. The van der Waals surface area contributed by atoms with Crippen LogP contribution in [0.1, 0.15) is 17.5 Å². The van der Waals surface area contributed by atoms with Crippen LogP contribution < -0.4 is 0 Å². The first-order chi connectivity index (χ1) is 6.66. The van der Waals surface area contributed by atoms with Crippen LogP contribution in [0.25, 0.3) is 0 Å². The molecular formula is C11H13ClN2. The molecular weight excluding hydrogens is 196 g/mol. The van der Waals surface area contributed by atoms with Gasteiger partial charge in [0.2, 0.25) is 0 Å². The molecule has 0 unspecified atom stereocenters. The first-order valence-electron chi connectivity index (χ1n) is 4.70. The molecule has 1 aromatic carbocycles. The smallest absolute Gasteiger partial charge is 0.0683 e. The number of aryl methyl sites for hydroxylation is 1. The fourth-order valence-corrected chi connectivity index (χ4v) is 1.98. The van der Waals surface area contributed by atoms with Crippen molar-refractivity contribution in [2.45, 2.75) is 12.8 Å². The van der Waals surface area contributed by atoms with Gasteiger partial charge in [0.05, 0.1) is 5.71 Å². The quantitative estimate of drug-likeness (QED) is 0.648. The van der Waals surface area contributed by atoms with Crippen molar-refractivity contribution in [1.82, 2.24) is 5.01 Å². The molecule has 1 aliphatic carbocycles. The Morgan fingerprint density at radius 3 is 2.79 bits per heavy atom. The lowest BCUT2D eigenvalue weighted by molar-refractivity contribution is 0.437. The van der Waals surface area contributed by atoms with Crippen LogP contribution >= 0.6 is 11.6 Å². The maximum Gasteiger partial charge on any atom is 0.0683 e. The zero-order chi connectivity index (χ0) is 10.1. The summed E-state index contributed by atoms with van der Waals surface area (Å²) in [4.78, 5) is 0. The average Bonchev–Trinajstić information content (AvgIpc) is 2.47. The number of hydrogen-bond donors (Lipinski definition) is 0. The number of halogens is 1. The summed E-state index contributed by atoms with van der Waals surface area (Å²) in [6, 6.07) is 6.03. The highest BCUT2D eigenvalue weighted by Crippen LogP contribution is 2.25. The van der Waals surface area contributed by atoms with Crippen molar-refractivity contribution in [2.75, 3.05) is 14.1 Å². The molecule has 1 aliphatic rings. The Hall–Kier alpha value is -1.02. The van der Waals surface area contributed by atoms with Gasteiger partial charge in [0.1, 0.15) is 0 Å². The van der Waals surface area contributed by atoms with Crippen LogP contribution in [0.4, 0.5) is 0 Å². The van der Waals surface area contributed by atoms with Gasteiger partial charge >= 0.3 is 0 Å². The van der Waals surface area contributed by atoms with E-state index in [2.05, 4.69) is 11.2 Å². The summed E-state index contributed by atoms with van der Waals surface area (Å²) in [5.74, 6) is 0. The van der Waals surface area contributed by atoms with Gasteiger partial charge in [0, 0.05) is 24.7 Å². The molecule has 0 N–H and O–H groups in total. The maximum atomic E-state index is 5.93. The van der Waals surface area contributed by atoms with E-state index in [1.165, 1.54) is 16.8 Å². The first kappa shape index (κ1) is 9.53. The third-order valence-electron chi connectivity index (χ3n) is 2.33. The largest absolute Gasteiger partial charge is 0.303 e. The number of rotatable bonds is 1. The van der Waals surface area contributed by atoms with Gasteiger partial charge in [0.25, 0.3) is 0 Å². The van der Waals surface area contributed by atoms with E-state index in [0.29, 0.717) is 0 Å². The van der Waals surface area contributed by atoms with E-state index in [1.54, 1.807) is 0 Å².